The van der Waals surface area contributed by atoms with Gasteiger partial charge in [0.25, 0.3) is 3.79 Å². The summed E-state index contributed by atoms with van der Waals surface area (Å²) in [5.41, 5.74) is 2.68. The maximum atomic E-state index is 13.0. The number of carbonyl (C=O) groups excluding carboxylic acids is 2. The first-order valence-corrected chi connectivity index (χ1v) is 15.8. The van der Waals surface area contributed by atoms with Crippen molar-refractivity contribution in [3.05, 3.63) is 108 Å². The minimum Gasteiger partial charge on any atom is -0.453 e. The van der Waals surface area contributed by atoms with E-state index < -0.39 is 46.4 Å². The number of hydrogen-bond acceptors (Lipinski definition) is 9. The number of hydrogen-bond donors (Lipinski definition) is 1. The lowest BCUT2D eigenvalue weighted by Gasteiger charge is -2.45. The predicted molar refractivity (Wildman–Crippen MR) is 174 cm³/mol. The van der Waals surface area contributed by atoms with Crippen molar-refractivity contribution in [3.8, 4) is 0 Å². The predicted octanol–water partition coefficient (Wildman–Crippen LogP) is 6.74. The van der Waals surface area contributed by atoms with Crippen LogP contribution in [0.3, 0.4) is 0 Å². The highest BCUT2D eigenvalue weighted by atomic mass is 35.6. The van der Waals surface area contributed by atoms with Crippen molar-refractivity contribution in [1.29, 1.82) is 5.41 Å². The monoisotopic (exact) mass is 691 g/mol. The molecule has 0 aromatic heterocycles. The van der Waals surface area contributed by atoms with Gasteiger partial charge in [-0.15, -0.1) is 0 Å². The molecule has 1 N–H and O–H groups in total. The summed E-state index contributed by atoms with van der Waals surface area (Å²) in [6.45, 7) is 1.97. The first-order chi connectivity index (χ1) is 22.1. The summed E-state index contributed by atoms with van der Waals surface area (Å²) in [5, 5.41) is 8.26. The van der Waals surface area contributed by atoms with Crippen LogP contribution in [0.1, 0.15) is 36.5 Å². The van der Waals surface area contributed by atoms with Gasteiger partial charge in [0.2, 0.25) is 12.2 Å². The van der Waals surface area contributed by atoms with Gasteiger partial charge < -0.3 is 33.2 Å². The van der Waals surface area contributed by atoms with Gasteiger partial charge in [0.1, 0.15) is 24.1 Å². The number of ether oxygens (including phenoxy) is 6. The van der Waals surface area contributed by atoms with Crippen LogP contribution in [0.4, 0.5) is 0 Å². The molecule has 3 aromatic carbocycles. The van der Waals surface area contributed by atoms with E-state index in [1.165, 1.54) is 6.92 Å². The van der Waals surface area contributed by atoms with Gasteiger partial charge in [0.05, 0.1) is 32.8 Å². The first kappa shape index (κ1) is 35.8. The summed E-state index contributed by atoms with van der Waals surface area (Å²) in [7, 11) is 0. The molecule has 12 heteroatoms. The van der Waals surface area contributed by atoms with Crippen LogP contribution in [0.25, 0.3) is 0 Å². The Kier molecular flexibility index (Phi) is 13.8. The zero-order valence-corrected chi connectivity index (χ0v) is 27.5. The van der Waals surface area contributed by atoms with Crippen molar-refractivity contribution in [2.75, 3.05) is 6.61 Å². The minimum atomic E-state index is -2.23. The fourth-order valence-electron chi connectivity index (χ4n) is 4.70. The van der Waals surface area contributed by atoms with Gasteiger partial charge in [-0.3, -0.25) is 10.2 Å². The fourth-order valence-corrected chi connectivity index (χ4v) is 4.83. The summed E-state index contributed by atoms with van der Waals surface area (Å²) in [5.74, 6) is -1.63. The topological polar surface area (TPSA) is 113 Å². The molecular weight excluding hydrogens is 657 g/mol. The van der Waals surface area contributed by atoms with Crippen LogP contribution in [0, 0.1) is 5.41 Å². The Morgan fingerprint density at radius 1 is 0.717 bits per heavy atom. The lowest BCUT2D eigenvalue weighted by atomic mass is 9.97. The zero-order chi connectivity index (χ0) is 32.9. The van der Waals surface area contributed by atoms with Crippen molar-refractivity contribution in [2.24, 2.45) is 0 Å². The van der Waals surface area contributed by atoms with Crippen molar-refractivity contribution in [3.63, 3.8) is 0 Å². The average Bonchev–Trinajstić information content (AvgIpc) is 3.04. The lowest BCUT2D eigenvalue weighted by molar-refractivity contribution is -0.306. The molecule has 1 heterocycles. The third-order valence-corrected chi connectivity index (χ3v) is 7.51. The number of nitrogens with one attached hydrogen (secondary N) is 1. The van der Waals surface area contributed by atoms with E-state index >= 15 is 0 Å². The van der Waals surface area contributed by atoms with Gasteiger partial charge in [-0.1, -0.05) is 126 Å². The molecule has 4 rings (SSSR count). The summed E-state index contributed by atoms with van der Waals surface area (Å²) >= 11 is 17.9. The molecule has 1 aliphatic rings. The molecule has 3 aromatic rings. The second-order valence-electron chi connectivity index (χ2n) is 10.7. The van der Waals surface area contributed by atoms with Gasteiger partial charge in [-0.2, -0.15) is 0 Å². The maximum Gasteiger partial charge on any atom is 0.306 e. The van der Waals surface area contributed by atoms with E-state index in [-0.39, 0.29) is 45.1 Å². The van der Waals surface area contributed by atoms with Crippen LogP contribution >= 0.6 is 34.8 Å². The standard InChI is InChI=1S/C34H36Cl3NO8/c1-23(39)17-18-28(40)45-31-30(43-21-26-15-9-4-10-16-26)29(42-20-25-13-7-3-8-14-25)27(22-41-19-24-11-5-2-6-12-24)44-32(31)46-33(38)34(35,36)37/h2-16,27,29-32,38H,17-22H2,1H3/t27-,29-,30+,31+,32?/m1/s1. The van der Waals surface area contributed by atoms with Crippen molar-refractivity contribution < 1.29 is 38.0 Å². The Bertz CT molecular complexity index is 1390. The number of carbonyl (C=O) groups is 2. The second-order valence-corrected chi connectivity index (χ2v) is 12.9. The summed E-state index contributed by atoms with van der Waals surface area (Å²) in [4.78, 5) is 24.6. The third kappa shape index (κ3) is 11.3. The molecule has 0 bridgehead atoms. The van der Waals surface area contributed by atoms with E-state index in [1.807, 2.05) is 91.0 Å². The minimum absolute atomic E-state index is 0.0194. The first-order valence-electron chi connectivity index (χ1n) is 14.7. The Labute approximate surface area is 283 Å². The number of Topliss-reactive ketones (excluding diaryl/α,β-unsaturated/α-hetero) is 1. The molecule has 246 valence electrons. The Morgan fingerprint density at radius 2 is 1.22 bits per heavy atom. The Morgan fingerprint density at radius 3 is 1.72 bits per heavy atom. The van der Waals surface area contributed by atoms with Crippen molar-refractivity contribution in [2.45, 2.75) is 74.1 Å². The van der Waals surface area contributed by atoms with E-state index in [2.05, 4.69) is 0 Å². The summed E-state index contributed by atoms with van der Waals surface area (Å²) < 4.78 is 34.6. The number of esters is 1. The fraction of sp³-hybridized carbons (Fsp3) is 0.382. The molecule has 0 amide bonds. The van der Waals surface area contributed by atoms with Gasteiger partial charge in [0, 0.05) is 6.42 Å². The molecule has 1 saturated heterocycles. The Balaban J connectivity index is 1.67. The highest BCUT2D eigenvalue weighted by Gasteiger charge is 2.52. The van der Waals surface area contributed by atoms with E-state index in [1.54, 1.807) is 0 Å². The van der Waals surface area contributed by atoms with E-state index in [0.717, 1.165) is 16.7 Å². The van der Waals surface area contributed by atoms with Crippen molar-refractivity contribution >= 4 is 52.5 Å². The van der Waals surface area contributed by atoms with Crippen LogP contribution in [-0.4, -0.2) is 58.8 Å². The smallest absolute Gasteiger partial charge is 0.306 e. The van der Waals surface area contributed by atoms with Gasteiger partial charge in [-0.25, -0.2) is 0 Å². The van der Waals surface area contributed by atoms with Gasteiger partial charge >= 0.3 is 5.97 Å². The Hall–Kier alpha value is -3.02. The van der Waals surface area contributed by atoms with Gasteiger partial charge in [0.15, 0.2) is 6.10 Å². The molecule has 46 heavy (non-hydrogen) atoms. The molecule has 1 unspecified atom stereocenters. The number of benzene rings is 3. The molecule has 0 aliphatic carbocycles. The molecule has 9 nitrogen and oxygen atoms in total. The molecule has 1 fully saturated rings. The van der Waals surface area contributed by atoms with E-state index in [0.29, 0.717) is 0 Å². The lowest BCUT2D eigenvalue weighted by Crippen LogP contribution is -2.62. The molecule has 0 spiro atoms. The number of halogens is 3. The molecule has 1 aliphatic heterocycles. The number of ketones is 1. The number of alkyl halides is 3. The number of rotatable bonds is 15. The molecule has 5 atom stereocenters. The average molecular weight is 693 g/mol. The zero-order valence-electron chi connectivity index (χ0n) is 25.2. The highest BCUT2D eigenvalue weighted by molar-refractivity contribution is 6.76. The van der Waals surface area contributed by atoms with Gasteiger partial charge in [-0.05, 0) is 23.6 Å². The normalized spacial score (nSPS) is 21.3. The van der Waals surface area contributed by atoms with Crippen LogP contribution in [-0.2, 0) is 57.8 Å². The van der Waals surface area contributed by atoms with E-state index in [4.69, 9.17) is 68.6 Å². The second kappa shape index (κ2) is 17.8. The molecule has 0 saturated carbocycles. The summed E-state index contributed by atoms with van der Waals surface area (Å²) in [6, 6.07) is 28.5. The van der Waals surface area contributed by atoms with Crippen LogP contribution < -0.4 is 0 Å². The van der Waals surface area contributed by atoms with Crippen LogP contribution in [0.15, 0.2) is 91.0 Å². The largest absolute Gasteiger partial charge is 0.453 e. The summed E-state index contributed by atoms with van der Waals surface area (Å²) in [6.07, 6.45) is -5.65. The van der Waals surface area contributed by atoms with Crippen molar-refractivity contribution in [1.82, 2.24) is 0 Å². The molecular formula is C34H36Cl3NO8. The van der Waals surface area contributed by atoms with E-state index in [9.17, 15) is 9.59 Å². The quantitative estimate of drug-likeness (QED) is 0.0807. The van der Waals surface area contributed by atoms with Crippen LogP contribution in [0.2, 0.25) is 0 Å². The SMILES string of the molecule is CC(=O)CCC(=O)O[C@@H]1C(OC(=N)C(Cl)(Cl)Cl)O[C@H](COCc2ccccc2)[C@@H](OCc2ccccc2)[C@@H]1OCc1ccccc1. The highest BCUT2D eigenvalue weighted by Crippen LogP contribution is 2.34. The maximum absolute atomic E-state index is 13.0. The van der Waals surface area contributed by atoms with Crippen LogP contribution in [0.5, 0.6) is 0 Å². The molecule has 0 radical (unpaired) electrons. The third-order valence-electron chi connectivity index (χ3n) is 7.00.